The Morgan fingerprint density at radius 2 is 2.53 bits per heavy atom. The summed E-state index contributed by atoms with van der Waals surface area (Å²) in [5.74, 6) is 2.45. The second-order valence-corrected chi connectivity index (χ2v) is 3.15. The van der Waals surface area contributed by atoms with Crippen molar-refractivity contribution in [2.75, 3.05) is 6.54 Å². The average Bonchev–Trinajstić information content (AvgIpc) is 2.76. The molecular formula is C10H14N4O. The molecule has 5 heteroatoms. The van der Waals surface area contributed by atoms with Crippen LogP contribution in [0, 0.1) is 12.3 Å². The van der Waals surface area contributed by atoms with Crippen molar-refractivity contribution >= 4 is 5.91 Å². The monoisotopic (exact) mass is 206 g/mol. The molecule has 5 nitrogen and oxygen atoms in total. The van der Waals surface area contributed by atoms with E-state index in [0.717, 1.165) is 6.42 Å². The predicted octanol–water partition coefficient (Wildman–Crippen LogP) is 0.369. The highest BCUT2D eigenvalue weighted by Crippen LogP contribution is 2.01. The van der Waals surface area contributed by atoms with Gasteiger partial charge in [-0.05, 0) is 13.3 Å². The van der Waals surface area contributed by atoms with Gasteiger partial charge < -0.3 is 5.32 Å². The fourth-order valence-electron chi connectivity index (χ4n) is 1.09. The molecule has 0 fully saturated rings. The van der Waals surface area contributed by atoms with Crippen molar-refractivity contribution in [2.24, 2.45) is 0 Å². The van der Waals surface area contributed by atoms with Gasteiger partial charge in [0.2, 0.25) is 5.91 Å². The number of nitrogens with one attached hydrogen (secondary N) is 1. The van der Waals surface area contributed by atoms with Gasteiger partial charge in [-0.15, -0.1) is 12.3 Å². The van der Waals surface area contributed by atoms with Gasteiger partial charge in [-0.1, -0.05) is 0 Å². The minimum atomic E-state index is -0.335. The Hall–Kier alpha value is -1.83. The van der Waals surface area contributed by atoms with Gasteiger partial charge in [0.05, 0.1) is 0 Å². The molecule has 1 N–H and O–H groups in total. The molecule has 0 saturated carbocycles. The zero-order valence-electron chi connectivity index (χ0n) is 8.68. The van der Waals surface area contributed by atoms with E-state index in [-0.39, 0.29) is 11.9 Å². The van der Waals surface area contributed by atoms with Crippen molar-refractivity contribution in [2.45, 2.75) is 25.8 Å². The van der Waals surface area contributed by atoms with Gasteiger partial charge in [0.1, 0.15) is 18.7 Å². The summed E-state index contributed by atoms with van der Waals surface area (Å²) in [5, 5.41) is 6.68. The molecule has 0 radical (unpaired) electrons. The first-order valence-corrected chi connectivity index (χ1v) is 4.81. The smallest absolute Gasteiger partial charge is 0.244 e. The highest BCUT2D eigenvalue weighted by atomic mass is 16.2. The first kappa shape index (κ1) is 11.2. The van der Waals surface area contributed by atoms with Gasteiger partial charge in [0.15, 0.2) is 0 Å². The fourth-order valence-corrected chi connectivity index (χ4v) is 1.09. The molecule has 1 aromatic rings. The van der Waals surface area contributed by atoms with Crippen molar-refractivity contribution in [3.05, 3.63) is 12.7 Å². The molecule has 1 aromatic heterocycles. The highest BCUT2D eigenvalue weighted by molar-refractivity contribution is 5.79. The van der Waals surface area contributed by atoms with E-state index in [2.05, 4.69) is 21.3 Å². The summed E-state index contributed by atoms with van der Waals surface area (Å²) in [6, 6.07) is -0.335. The van der Waals surface area contributed by atoms with Crippen LogP contribution < -0.4 is 5.32 Å². The highest BCUT2D eigenvalue weighted by Gasteiger charge is 2.13. The van der Waals surface area contributed by atoms with Gasteiger partial charge in [0.25, 0.3) is 0 Å². The number of rotatable bonds is 5. The number of aromatic nitrogens is 3. The van der Waals surface area contributed by atoms with E-state index < -0.39 is 0 Å². The number of amides is 1. The summed E-state index contributed by atoms with van der Waals surface area (Å²) in [5.41, 5.74) is 0. The Bertz CT molecular complexity index is 339. The maximum Gasteiger partial charge on any atom is 0.244 e. The molecule has 0 aromatic carbocycles. The Kier molecular flexibility index (Phi) is 4.35. The normalized spacial score (nSPS) is 11.7. The number of carbonyl (C=O) groups excluding carboxylic acids is 1. The molecule has 80 valence electrons. The average molecular weight is 206 g/mol. The van der Waals surface area contributed by atoms with Crippen LogP contribution in [0.1, 0.15) is 25.8 Å². The minimum absolute atomic E-state index is 0.0717. The molecule has 1 atom stereocenters. The summed E-state index contributed by atoms with van der Waals surface area (Å²) in [6.07, 6.45) is 9.50. The van der Waals surface area contributed by atoms with Gasteiger partial charge in [-0.3, -0.25) is 4.79 Å². The molecule has 0 bridgehead atoms. The second kappa shape index (κ2) is 5.81. The summed E-state index contributed by atoms with van der Waals surface area (Å²) < 4.78 is 1.51. The molecule has 1 amide bonds. The standard InChI is InChI=1S/C10H14N4O/c1-3-4-5-6-12-10(15)9(2)14-8-11-7-13-14/h1,7-9H,4-6H2,2H3,(H,12,15). The number of terminal acetylenes is 1. The number of hydrogen-bond donors (Lipinski definition) is 1. The van der Waals surface area contributed by atoms with Gasteiger partial charge in [-0.2, -0.15) is 5.10 Å². The van der Waals surface area contributed by atoms with Crippen molar-refractivity contribution in [3.63, 3.8) is 0 Å². The molecular weight excluding hydrogens is 192 g/mol. The van der Waals surface area contributed by atoms with E-state index in [9.17, 15) is 4.79 Å². The minimum Gasteiger partial charge on any atom is -0.354 e. The number of nitrogens with zero attached hydrogens (tertiary/aromatic N) is 3. The summed E-state index contributed by atoms with van der Waals surface area (Å²) in [4.78, 5) is 15.3. The topological polar surface area (TPSA) is 59.8 Å². The predicted molar refractivity (Wildman–Crippen MR) is 55.8 cm³/mol. The lowest BCUT2D eigenvalue weighted by atomic mass is 10.3. The molecule has 0 aliphatic carbocycles. The van der Waals surface area contributed by atoms with E-state index in [4.69, 9.17) is 6.42 Å². The van der Waals surface area contributed by atoms with E-state index in [1.165, 1.54) is 17.3 Å². The van der Waals surface area contributed by atoms with Crippen molar-refractivity contribution in [3.8, 4) is 12.3 Å². The first-order chi connectivity index (χ1) is 7.25. The lowest BCUT2D eigenvalue weighted by molar-refractivity contribution is -0.124. The molecule has 1 rings (SSSR count). The van der Waals surface area contributed by atoms with Gasteiger partial charge in [-0.25, -0.2) is 9.67 Å². The number of carbonyl (C=O) groups is 1. The molecule has 0 saturated heterocycles. The Morgan fingerprint density at radius 3 is 3.13 bits per heavy atom. The molecule has 0 aliphatic heterocycles. The van der Waals surface area contributed by atoms with Crippen LogP contribution in [0.5, 0.6) is 0 Å². The first-order valence-electron chi connectivity index (χ1n) is 4.81. The third-order valence-corrected chi connectivity index (χ3v) is 2.01. The second-order valence-electron chi connectivity index (χ2n) is 3.15. The van der Waals surface area contributed by atoms with Gasteiger partial charge in [0, 0.05) is 13.0 Å². The van der Waals surface area contributed by atoms with Crippen LogP contribution in [0.4, 0.5) is 0 Å². The lowest BCUT2D eigenvalue weighted by Crippen LogP contribution is -2.31. The molecule has 15 heavy (non-hydrogen) atoms. The van der Waals surface area contributed by atoms with Crippen molar-refractivity contribution in [1.82, 2.24) is 20.1 Å². The van der Waals surface area contributed by atoms with Crippen molar-refractivity contribution in [1.29, 1.82) is 0 Å². The summed E-state index contributed by atoms with van der Waals surface area (Å²) >= 11 is 0. The third-order valence-electron chi connectivity index (χ3n) is 2.01. The van der Waals surface area contributed by atoms with Crippen LogP contribution in [-0.2, 0) is 4.79 Å². The molecule has 0 spiro atoms. The van der Waals surface area contributed by atoms with Crippen LogP contribution in [0.3, 0.4) is 0 Å². The summed E-state index contributed by atoms with van der Waals surface area (Å²) in [7, 11) is 0. The van der Waals surface area contributed by atoms with Gasteiger partial charge >= 0.3 is 0 Å². The maximum atomic E-state index is 11.6. The van der Waals surface area contributed by atoms with Crippen LogP contribution in [0.2, 0.25) is 0 Å². The quantitative estimate of drug-likeness (QED) is 0.559. The van der Waals surface area contributed by atoms with Crippen LogP contribution in [-0.4, -0.2) is 27.2 Å². The molecule has 1 unspecified atom stereocenters. The van der Waals surface area contributed by atoms with Crippen LogP contribution in [0.25, 0.3) is 0 Å². The van der Waals surface area contributed by atoms with E-state index in [1.807, 2.05) is 0 Å². The largest absolute Gasteiger partial charge is 0.354 e. The Balaban J connectivity index is 2.32. The Morgan fingerprint density at radius 1 is 1.73 bits per heavy atom. The maximum absolute atomic E-state index is 11.6. The zero-order valence-corrected chi connectivity index (χ0v) is 8.68. The lowest BCUT2D eigenvalue weighted by Gasteiger charge is -2.11. The van der Waals surface area contributed by atoms with E-state index in [1.54, 1.807) is 6.92 Å². The SMILES string of the molecule is C#CCCCNC(=O)C(C)n1cncn1. The van der Waals surface area contributed by atoms with Crippen molar-refractivity contribution < 1.29 is 4.79 Å². The Labute approximate surface area is 88.9 Å². The number of hydrogen-bond acceptors (Lipinski definition) is 3. The fraction of sp³-hybridized carbons (Fsp3) is 0.500. The van der Waals surface area contributed by atoms with Crippen LogP contribution >= 0.6 is 0 Å². The molecule has 0 aliphatic rings. The van der Waals surface area contributed by atoms with E-state index in [0.29, 0.717) is 13.0 Å². The van der Waals surface area contributed by atoms with E-state index >= 15 is 0 Å². The number of unbranched alkanes of at least 4 members (excludes halogenated alkanes) is 1. The third kappa shape index (κ3) is 3.43. The molecule has 1 heterocycles. The summed E-state index contributed by atoms with van der Waals surface area (Å²) in [6.45, 7) is 2.37. The van der Waals surface area contributed by atoms with Crippen LogP contribution in [0.15, 0.2) is 12.7 Å². The zero-order chi connectivity index (χ0) is 11.1.